The maximum absolute atomic E-state index is 11.9. The fourth-order valence-electron chi connectivity index (χ4n) is 2.18. The minimum absolute atomic E-state index is 0.0667. The minimum atomic E-state index is -0.660. The maximum Gasteiger partial charge on any atom is 0.308 e. The molecule has 5 nitrogen and oxygen atoms in total. The highest BCUT2D eigenvalue weighted by atomic mass is 16.5. The van der Waals surface area contributed by atoms with Crippen molar-refractivity contribution in [3.05, 3.63) is 35.9 Å². The monoisotopic (exact) mass is 302 g/mol. The molecule has 1 atom stereocenters. The van der Waals surface area contributed by atoms with Crippen molar-refractivity contribution in [3.8, 4) is 11.5 Å². The third-order valence-electron chi connectivity index (χ3n) is 3.06. The van der Waals surface area contributed by atoms with Gasteiger partial charge in [0.1, 0.15) is 18.1 Å². The summed E-state index contributed by atoms with van der Waals surface area (Å²) in [4.78, 5) is 23.2. The molecule has 1 unspecified atom stereocenters. The number of aliphatic hydroxyl groups is 1. The van der Waals surface area contributed by atoms with Crippen molar-refractivity contribution in [3.63, 3.8) is 0 Å². The van der Waals surface area contributed by atoms with E-state index in [0.717, 1.165) is 0 Å². The Kier molecular flexibility index (Phi) is 4.78. The van der Waals surface area contributed by atoms with Gasteiger partial charge in [-0.25, -0.2) is 0 Å². The van der Waals surface area contributed by atoms with Crippen LogP contribution < -0.4 is 9.47 Å². The molecule has 5 heteroatoms. The highest BCUT2D eigenvalue weighted by Gasteiger charge is 2.18. The summed E-state index contributed by atoms with van der Waals surface area (Å²) in [6, 6.07) is 8.68. The van der Waals surface area contributed by atoms with Crippen LogP contribution in [0.4, 0.5) is 0 Å². The van der Waals surface area contributed by atoms with Crippen LogP contribution in [0.3, 0.4) is 0 Å². The summed E-state index contributed by atoms with van der Waals surface area (Å²) in [6.45, 7) is 4.39. The smallest absolute Gasteiger partial charge is 0.308 e. The first-order valence-corrected chi connectivity index (χ1v) is 6.96. The van der Waals surface area contributed by atoms with Gasteiger partial charge in [-0.05, 0) is 19.9 Å². The van der Waals surface area contributed by atoms with Gasteiger partial charge in [0.25, 0.3) is 0 Å². The van der Waals surface area contributed by atoms with Crippen LogP contribution >= 0.6 is 0 Å². The Morgan fingerprint density at radius 2 is 1.82 bits per heavy atom. The number of fused-ring (bicyclic) bond motifs is 1. The van der Waals surface area contributed by atoms with Crippen LogP contribution in [-0.2, 0) is 4.79 Å². The molecule has 0 aliphatic rings. The number of esters is 1. The molecule has 2 aromatic rings. The second kappa shape index (κ2) is 6.58. The number of carbonyl (C=O) groups excluding carboxylic acids is 2. The van der Waals surface area contributed by atoms with Crippen LogP contribution in [-0.4, -0.2) is 29.6 Å². The van der Waals surface area contributed by atoms with Crippen molar-refractivity contribution in [1.82, 2.24) is 0 Å². The van der Waals surface area contributed by atoms with E-state index in [1.54, 1.807) is 31.2 Å². The molecule has 116 valence electrons. The molecule has 0 aliphatic carbocycles. The number of hydrogen-bond acceptors (Lipinski definition) is 5. The minimum Gasteiger partial charge on any atom is -0.489 e. The highest BCUT2D eigenvalue weighted by molar-refractivity contribution is 6.06. The first kappa shape index (κ1) is 16.0. The van der Waals surface area contributed by atoms with Gasteiger partial charge in [0, 0.05) is 17.7 Å². The van der Waals surface area contributed by atoms with E-state index in [9.17, 15) is 14.7 Å². The zero-order valence-electron chi connectivity index (χ0n) is 12.8. The highest BCUT2D eigenvalue weighted by Crippen LogP contribution is 2.37. The zero-order valence-corrected chi connectivity index (χ0v) is 12.8. The molecule has 22 heavy (non-hydrogen) atoms. The van der Waals surface area contributed by atoms with Gasteiger partial charge in [-0.1, -0.05) is 24.3 Å². The number of aliphatic hydroxyl groups excluding tert-OH is 1. The van der Waals surface area contributed by atoms with Crippen molar-refractivity contribution in [2.75, 3.05) is 6.61 Å². The Morgan fingerprint density at radius 3 is 2.36 bits per heavy atom. The molecule has 0 radical (unpaired) electrons. The van der Waals surface area contributed by atoms with Gasteiger partial charge < -0.3 is 14.6 Å². The molecule has 2 rings (SSSR count). The van der Waals surface area contributed by atoms with E-state index in [4.69, 9.17) is 9.47 Å². The molecular formula is C17H18O5. The normalized spacial score (nSPS) is 12.0. The quantitative estimate of drug-likeness (QED) is 0.522. The van der Waals surface area contributed by atoms with Crippen molar-refractivity contribution in [2.45, 2.75) is 26.9 Å². The summed E-state index contributed by atoms with van der Waals surface area (Å²) in [5, 5.41) is 10.7. The largest absolute Gasteiger partial charge is 0.489 e. The molecule has 0 spiro atoms. The molecular weight excluding hydrogens is 284 g/mol. The fraction of sp³-hybridized carbons (Fsp3) is 0.294. The van der Waals surface area contributed by atoms with Gasteiger partial charge in [-0.3, -0.25) is 9.59 Å². The number of Topliss-reactive ketones (excluding diaryl/α,β-unsaturated/α-hetero) is 1. The van der Waals surface area contributed by atoms with E-state index in [1.807, 2.05) is 0 Å². The van der Waals surface area contributed by atoms with Crippen LogP contribution in [0, 0.1) is 0 Å². The lowest BCUT2D eigenvalue weighted by Gasteiger charge is -2.16. The van der Waals surface area contributed by atoms with Crippen LogP contribution in [0.1, 0.15) is 31.1 Å². The van der Waals surface area contributed by atoms with Crippen LogP contribution in [0.15, 0.2) is 30.3 Å². The van der Waals surface area contributed by atoms with Gasteiger partial charge in [0.15, 0.2) is 5.78 Å². The third-order valence-corrected chi connectivity index (χ3v) is 3.06. The summed E-state index contributed by atoms with van der Waals surface area (Å²) in [6.07, 6.45) is -0.660. The fourth-order valence-corrected chi connectivity index (χ4v) is 2.18. The molecule has 1 N–H and O–H groups in total. The van der Waals surface area contributed by atoms with Gasteiger partial charge in [0.2, 0.25) is 0 Å². The molecule has 0 saturated carbocycles. The van der Waals surface area contributed by atoms with Crippen LogP contribution in [0.2, 0.25) is 0 Å². The standard InChI is InChI=1S/C17H18O5/c1-10(18)9-21-17-14-7-5-4-6-13(14)16(22-12(3)20)8-15(17)11(2)19/h4-8,10,18H,9H2,1-3H3. The molecule has 0 amide bonds. The van der Waals surface area contributed by atoms with Gasteiger partial charge in [0.05, 0.1) is 11.7 Å². The van der Waals surface area contributed by atoms with Gasteiger partial charge >= 0.3 is 5.97 Å². The predicted molar refractivity (Wildman–Crippen MR) is 82.4 cm³/mol. The Morgan fingerprint density at radius 1 is 1.18 bits per heavy atom. The average Bonchev–Trinajstić information content (AvgIpc) is 2.44. The maximum atomic E-state index is 11.9. The Labute approximate surface area is 128 Å². The van der Waals surface area contributed by atoms with Crippen molar-refractivity contribution < 1.29 is 24.2 Å². The summed E-state index contributed by atoms with van der Waals surface area (Å²) >= 11 is 0. The number of rotatable bonds is 5. The Hall–Kier alpha value is -2.40. The average molecular weight is 302 g/mol. The molecule has 0 fully saturated rings. The Bertz CT molecular complexity index is 718. The third kappa shape index (κ3) is 3.43. The first-order valence-electron chi connectivity index (χ1n) is 6.96. The van der Waals surface area contributed by atoms with Crippen LogP contribution in [0.5, 0.6) is 11.5 Å². The summed E-state index contributed by atoms with van der Waals surface area (Å²) in [5.41, 5.74) is 0.315. The first-order chi connectivity index (χ1) is 10.4. The number of ketones is 1. The summed E-state index contributed by atoms with van der Waals surface area (Å²) in [5.74, 6) is 0.0367. The second-order valence-corrected chi connectivity index (χ2v) is 5.11. The van der Waals surface area contributed by atoms with E-state index in [0.29, 0.717) is 27.8 Å². The van der Waals surface area contributed by atoms with Crippen molar-refractivity contribution in [2.24, 2.45) is 0 Å². The number of benzene rings is 2. The molecule has 0 bridgehead atoms. The SMILES string of the molecule is CC(=O)Oc1cc(C(C)=O)c(OCC(C)O)c2ccccc12. The molecule has 2 aromatic carbocycles. The van der Waals surface area contributed by atoms with Gasteiger partial charge in [-0.15, -0.1) is 0 Å². The van der Waals surface area contributed by atoms with E-state index < -0.39 is 12.1 Å². The second-order valence-electron chi connectivity index (χ2n) is 5.11. The Balaban J connectivity index is 2.67. The molecule has 0 aliphatic heterocycles. The number of ether oxygens (including phenoxy) is 2. The number of hydrogen-bond donors (Lipinski definition) is 1. The van der Waals surface area contributed by atoms with Crippen molar-refractivity contribution in [1.29, 1.82) is 0 Å². The van der Waals surface area contributed by atoms with Crippen LogP contribution in [0.25, 0.3) is 10.8 Å². The van der Waals surface area contributed by atoms with E-state index in [-0.39, 0.29) is 12.4 Å². The lowest BCUT2D eigenvalue weighted by molar-refractivity contribution is -0.131. The summed E-state index contributed by atoms with van der Waals surface area (Å²) < 4.78 is 10.8. The lowest BCUT2D eigenvalue weighted by atomic mass is 10.0. The molecule has 0 aromatic heterocycles. The number of carbonyl (C=O) groups is 2. The van der Waals surface area contributed by atoms with Gasteiger partial charge in [-0.2, -0.15) is 0 Å². The molecule has 0 saturated heterocycles. The lowest BCUT2D eigenvalue weighted by Crippen LogP contribution is -2.15. The summed E-state index contributed by atoms with van der Waals surface area (Å²) in [7, 11) is 0. The van der Waals surface area contributed by atoms with E-state index in [2.05, 4.69) is 0 Å². The van der Waals surface area contributed by atoms with Crippen molar-refractivity contribution >= 4 is 22.5 Å². The predicted octanol–water partition coefficient (Wildman–Crippen LogP) is 2.73. The molecule has 0 heterocycles. The van der Waals surface area contributed by atoms with E-state index in [1.165, 1.54) is 19.9 Å². The van der Waals surface area contributed by atoms with E-state index >= 15 is 0 Å². The zero-order chi connectivity index (χ0) is 16.3. The topological polar surface area (TPSA) is 72.8 Å².